The van der Waals surface area contributed by atoms with Crippen LogP contribution in [0.3, 0.4) is 0 Å². The minimum absolute atomic E-state index is 0.155. The summed E-state index contributed by atoms with van der Waals surface area (Å²) in [6.45, 7) is 2.27. The maximum absolute atomic E-state index is 12.5. The van der Waals surface area contributed by atoms with Crippen LogP contribution in [0.2, 0.25) is 0 Å². The molecule has 1 aromatic heterocycles. The minimum Gasteiger partial charge on any atom is -0.352 e. The van der Waals surface area contributed by atoms with Gasteiger partial charge in [0.15, 0.2) is 5.82 Å². The van der Waals surface area contributed by atoms with Gasteiger partial charge >= 0.3 is 0 Å². The molecule has 122 valence electrons. The van der Waals surface area contributed by atoms with Crippen LogP contribution in [-0.2, 0) is 16.4 Å². The fourth-order valence-corrected chi connectivity index (χ4v) is 4.15. The number of aromatic nitrogens is 2. The molecule has 0 unspecified atom stereocenters. The lowest BCUT2D eigenvalue weighted by Gasteiger charge is -2.34. The summed E-state index contributed by atoms with van der Waals surface area (Å²) in [7, 11) is -3.22. The monoisotopic (exact) mass is 332 g/mol. The molecular weight excluding hydrogens is 312 g/mol. The average molecular weight is 332 g/mol. The smallest absolute Gasteiger partial charge is 0.214 e. The average Bonchev–Trinajstić information content (AvgIpc) is 2.62. The zero-order valence-corrected chi connectivity index (χ0v) is 13.7. The molecule has 6 nitrogen and oxygen atoms in total. The molecule has 7 heteroatoms. The highest BCUT2D eigenvalue weighted by Gasteiger charge is 2.27. The van der Waals surface area contributed by atoms with Crippen molar-refractivity contribution >= 4 is 15.8 Å². The Morgan fingerprint density at radius 3 is 2.35 bits per heavy atom. The van der Waals surface area contributed by atoms with E-state index in [0.717, 1.165) is 11.4 Å². The van der Waals surface area contributed by atoms with Crippen LogP contribution in [0.5, 0.6) is 0 Å². The molecule has 1 aromatic carbocycles. The molecule has 0 bridgehead atoms. The first-order chi connectivity index (χ1) is 11.1. The molecule has 3 rings (SSSR count). The fourth-order valence-electron chi connectivity index (χ4n) is 2.68. The van der Waals surface area contributed by atoms with Gasteiger partial charge in [-0.25, -0.2) is 8.42 Å². The topological polar surface area (TPSA) is 66.4 Å². The van der Waals surface area contributed by atoms with E-state index in [0.29, 0.717) is 32.6 Å². The normalized spacial score (nSPS) is 16.4. The molecule has 2 heterocycles. The van der Waals surface area contributed by atoms with E-state index in [1.54, 1.807) is 10.5 Å². The predicted molar refractivity (Wildman–Crippen MR) is 89.8 cm³/mol. The van der Waals surface area contributed by atoms with Crippen LogP contribution in [0.15, 0.2) is 48.7 Å². The number of aryl methyl sites for hydroxylation is 1. The van der Waals surface area contributed by atoms with Gasteiger partial charge < -0.3 is 4.90 Å². The van der Waals surface area contributed by atoms with Gasteiger partial charge in [-0.1, -0.05) is 30.3 Å². The Hall–Kier alpha value is -1.99. The largest absolute Gasteiger partial charge is 0.352 e. The molecule has 0 saturated carbocycles. The molecule has 0 radical (unpaired) electrons. The van der Waals surface area contributed by atoms with Gasteiger partial charge in [-0.2, -0.15) is 9.40 Å². The van der Waals surface area contributed by atoms with Crippen LogP contribution in [0.4, 0.5) is 5.82 Å². The van der Waals surface area contributed by atoms with Crippen molar-refractivity contribution in [2.75, 3.05) is 36.8 Å². The molecular formula is C16H20N4O2S. The van der Waals surface area contributed by atoms with Gasteiger partial charge in [0.05, 0.1) is 5.75 Å². The molecule has 0 spiro atoms. The molecule has 0 amide bonds. The van der Waals surface area contributed by atoms with Gasteiger partial charge in [0.25, 0.3) is 0 Å². The molecule has 1 aliphatic rings. The highest BCUT2D eigenvalue weighted by atomic mass is 32.2. The second-order valence-corrected chi connectivity index (χ2v) is 7.61. The van der Waals surface area contributed by atoms with E-state index in [1.807, 2.05) is 42.5 Å². The van der Waals surface area contributed by atoms with Crippen molar-refractivity contribution in [1.82, 2.24) is 14.5 Å². The first-order valence-electron chi connectivity index (χ1n) is 7.69. The van der Waals surface area contributed by atoms with Crippen molar-refractivity contribution < 1.29 is 8.42 Å². The van der Waals surface area contributed by atoms with Crippen molar-refractivity contribution in [1.29, 1.82) is 0 Å². The molecule has 23 heavy (non-hydrogen) atoms. The van der Waals surface area contributed by atoms with Crippen molar-refractivity contribution in [2.24, 2.45) is 0 Å². The summed E-state index contributed by atoms with van der Waals surface area (Å²) in [5.41, 5.74) is 1.05. The van der Waals surface area contributed by atoms with Crippen LogP contribution in [0.25, 0.3) is 0 Å². The number of nitrogens with zero attached hydrogens (tertiary/aromatic N) is 4. The Morgan fingerprint density at radius 1 is 0.957 bits per heavy atom. The van der Waals surface area contributed by atoms with E-state index < -0.39 is 10.0 Å². The van der Waals surface area contributed by atoms with Crippen LogP contribution >= 0.6 is 0 Å². The lowest BCUT2D eigenvalue weighted by Crippen LogP contribution is -2.49. The second kappa shape index (κ2) is 7.06. The van der Waals surface area contributed by atoms with Crippen molar-refractivity contribution in [2.45, 2.75) is 6.42 Å². The Balaban J connectivity index is 1.56. The number of sulfonamides is 1. The highest BCUT2D eigenvalue weighted by Crippen LogP contribution is 2.15. The fraction of sp³-hybridized carbons (Fsp3) is 0.375. The predicted octanol–water partition coefficient (Wildman–Crippen LogP) is 1.17. The van der Waals surface area contributed by atoms with Gasteiger partial charge in [0.2, 0.25) is 10.0 Å². The van der Waals surface area contributed by atoms with E-state index in [4.69, 9.17) is 0 Å². The van der Waals surface area contributed by atoms with Gasteiger partial charge in [0.1, 0.15) is 0 Å². The first-order valence-corrected chi connectivity index (χ1v) is 9.30. The van der Waals surface area contributed by atoms with Gasteiger partial charge in [-0.3, -0.25) is 0 Å². The van der Waals surface area contributed by atoms with Crippen molar-refractivity contribution in [3.63, 3.8) is 0 Å². The second-order valence-electron chi connectivity index (χ2n) is 5.52. The number of hydrogen-bond acceptors (Lipinski definition) is 5. The molecule has 0 atom stereocenters. The number of benzene rings is 1. The van der Waals surface area contributed by atoms with E-state index >= 15 is 0 Å². The zero-order chi connectivity index (χ0) is 16.1. The molecule has 1 aliphatic heterocycles. The number of hydrogen-bond donors (Lipinski definition) is 0. The van der Waals surface area contributed by atoms with Gasteiger partial charge in [-0.15, -0.1) is 5.10 Å². The lowest BCUT2D eigenvalue weighted by atomic mass is 10.2. The number of anilines is 1. The van der Waals surface area contributed by atoms with Crippen LogP contribution < -0.4 is 4.90 Å². The van der Waals surface area contributed by atoms with E-state index in [2.05, 4.69) is 15.1 Å². The summed E-state index contributed by atoms with van der Waals surface area (Å²) in [6.07, 6.45) is 2.18. The quantitative estimate of drug-likeness (QED) is 0.822. The summed E-state index contributed by atoms with van der Waals surface area (Å²) in [5.74, 6) is 0.955. The Morgan fingerprint density at radius 2 is 1.70 bits per heavy atom. The molecule has 1 saturated heterocycles. The number of piperazine rings is 1. The Bertz CT molecular complexity index is 714. The summed E-state index contributed by atoms with van der Waals surface area (Å²) < 4.78 is 26.5. The van der Waals surface area contributed by atoms with Gasteiger partial charge in [-0.05, 0) is 24.1 Å². The van der Waals surface area contributed by atoms with Crippen molar-refractivity contribution in [3.8, 4) is 0 Å². The standard InChI is InChI=1S/C16H20N4O2S/c21-23(22,14-8-15-5-2-1-3-6-15)20-12-10-19(11-13-20)16-7-4-9-17-18-16/h1-7,9H,8,10-14H2. The van der Waals surface area contributed by atoms with Crippen molar-refractivity contribution in [3.05, 3.63) is 54.2 Å². The molecule has 0 aliphatic carbocycles. The third kappa shape index (κ3) is 4.05. The van der Waals surface area contributed by atoms with Gasteiger partial charge in [0, 0.05) is 32.4 Å². The minimum atomic E-state index is -3.22. The molecule has 1 fully saturated rings. The van der Waals surface area contributed by atoms with E-state index in [1.165, 1.54) is 0 Å². The molecule has 0 N–H and O–H groups in total. The van der Waals surface area contributed by atoms with E-state index in [-0.39, 0.29) is 5.75 Å². The lowest BCUT2D eigenvalue weighted by molar-refractivity contribution is 0.383. The van der Waals surface area contributed by atoms with Crippen LogP contribution in [0.1, 0.15) is 5.56 Å². The SMILES string of the molecule is O=S(=O)(CCc1ccccc1)N1CCN(c2cccnn2)CC1. The Labute approximate surface area is 136 Å². The summed E-state index contributed by atoms with van der Waals surface area (Å²) in [4.78, 5) is 2.07. The van der Waals surface area contributed by atoms with Crippen LogP contribution in [-0.4, -0.2) is 54.9 Å². The third-order valence-corrected chi connectivity index (χ3v) is 5.88. The third-order valence-electron chi connectivity index (χ3n) is 4.01. The number of rotatable bonds is 5. The maximum atomic E-state index is 12.5. The van der Waals surface area contributed by atoms with E-state index in [9.17, 15) is 8.42 Å². The summed E-state index contributed by atoms with van der Waals surface area (Å²) in [5, 5.41) is 7.94. The highest BCUT2D eigenvalue weighted by molar-refractivity contribution is 7.89. The summed E-state index contributed by atoms with van der Waals surface area (Å²) in [6, 6.07) is 13.5. The molecule has 2 aromatic rings. The van der Waals surface area contributed by atoms with Crippen LogP contribution in [0, 0.1) is 0 Å². The first kappa shape index (κ1) is 15.9. The maximum Gasteiger partial charge on any atom is 0.214 e. The Kier molecular flexibility index (Phi) is 4.88. The zero-order valence-electron chi connectivity index (χ0n) is 12.9. The summed E-state index contributed by atoms with van der Waals surface area (Å²) >= 11 is 0.